The van der Waals surface area contributed by atoms with Gasteiger partial charge in [0.05, 0.1) is 37.1 Å². The molecule has 1 saturated heterocycles. The number of nitrogens with zero attached hydrogens (tertiary/aromatic N) is 1. The van der Waals surface area contributed by atoms with Gasteiger partial charge >= 0.3 is 0 Å². The summed E-state index contributed by atoms with van der Waals surface area (Å²) >= 11 is 1.54. The van der Waals surface area contributed by atoms with E-state index in [1.807, 2.05) is 23.6 Å². The number of thiazole rings is 1. The summed E-state index contributed by atoms with van der Waals surface area (Å²) in [5, 5.41) is 5.07. The molecule has 2 aromatic rings. The first-order valence-corrected chi connectivity index (χ1v) is 9.37. The average molecular weight is 360 g/mol. The summed E-state index contributed by atoms with van der Waals surface area (Å²) in [6, 6.07) is 5.54. The van der Waals surface area contributed by atoms with Crippen LogP contribution < -0.4 is 10.1 Å². The molecule has 4 rings (SSSR count). The number of nitrogens with one attached hydrogen (secondary N) is 1. The third-order valence-electron chi connectivity index (χ3n) is 4.50. The number of carbonyl (C=O) groups is 1. The minimum absolute atomic E-state index is 0.0654. The van der Waals surface area contributed by atoms with Gasteiger partial charge in [-0.3, -0.25) is 4.79 Å². The molecule has 1 aromatic heterocycles. The van der Waals surface area contributed by atoms with Crippen molar-refractivity contribution in [2.45, 2.75) is 31.6 Å². The Bertz CT molecular complexity index is 735. The molecule has 0 bridgehead atoms. The maximum Gasteiger partial charge on any atom is 0.251 e. The molecule has 0 aliphatic carbocycles. The Balaban J connectivity index is 1.39. The molecule has 1 fully saturated rings. The second-order valence-electron chi connectivity index (χ2n) is 6.19. The Kier molecular flexibility index (Phi) is 4.96. The van der Waals surface area contributed by atoms with Crippen molar-refractivity contribution in [1.82, 2.24) is 10.3 Å². The fraction of sp³-hybridized carbons (Fsp3) is 0.444. The zero-order chi connectivity index (χ0) is 17.1. The number of ether oxygens (including phenoxy) is 3. The Morgan fingerprint density at radius 1 is 1.40 bits per heavy atom. The van der Waals surface area contributed by atoms with Crippen molar-refractivity contribution in [3.63, 3.8) is 0 Å². The lowest BCUT2D eigenvalue weighted by Crippen LogP contribution is -2.50. The van der Waals surface area contributed by atoms with Crippen LogP contribution in [0.25, 0.3) is 0 Å². The van der Waals surface area contributed by atoms with Crippen molar-refractivity contribution in [3.8, 4) is 5.75 Å². The summed E-state index contributed by atoms with van der Waals surface area (Å²) in [6.07, 6.45) is 1.42. The van der Waals surface area contributed by atoms with Crippen LogP contribution in [0.2, 0.25) is 0 Å². The maximum absolute atomic E-state index is 12.6. The van der Waals surface area contributed by atoms with Gasteiger partial charge in [0.25, 0.3) is 5.91 Å². The summed E-state index contributed by atoms with van der Waals surface area (Å²) < 4.78 is 16.9. The van der Waals surface area contributed by atoms with Gasteiger partial charge in [-0.25, -0.2) is 4.98 Å². The predicted octanol–water partition coefficient (Wildman–Crippen LogP) is 2.18. The van der Waals surface area contributed by atoms with Crippen molar-refractivity contribution in [2.75, 3.05) is 19.8 Å². The molecule has 1 amide bonds. The smallest absolute Gasteiger partial charge is 0.251 e. The standard InChI is InChI=1S/C18H20N2O4S/c21-18(13-1-2-16-12(7-13)3-6-23-16)20-15-4-5-22-9-17(15)24-8-14-10-25-11-19-14/h1-2,7,10-11,15,17H,3-6,8-9H2,(H,20,21)/t15-,17-/m1/s1. The lowest BCUT2D eigenvalue weighted by molar-refractivity contribution is -0.0742. The molecule has 1 N–H and O–H groups in total. The molecule has 1 aromatic carbocycles. The van der Waals surface area contributed by atoms with Gasteiger partial charge < -0.3 is 19.5 Å². The monoisotopic (exact) mass is 360 g/mol. The summed E-state index contributed by atoms with van der Waals surface area (Å²) in [5.41, 5.74) is 4.44. The molecule has 6 nitrogen and oxygen atoms in total. The molecule has 132 valence electrons. The summed E-state index contributed by atoms with van der Waals surface area (Å²) in [5.74, 6) is 0.802. The molecule has 7 heteroatoms. The Labute approximate surface area is 150 Å². The first-order chi connectivity index (χ1) is 12.3. The minimum Gasteiger partial charge on any atom is -0.493 e. The molecule has 0 saturated carbocycles. The summed E-state index contributed by atoms with van der Waals surface area (Å²) in [4.78, 5) is 16.9. The van der Waals surface area contributed by atoms with E-state index in [4.69, 9.17) is 14.2 Å². The largest absolute Gasteiger partial charge is 0.493 e. The highest BCUT2D eigenvalue weighted by Crippen LogP contribution is 2.26. The molecule has 25 heavy (non-hydrogen) atoms. The van der Waals surface area contributed by atoms with Crippen LogP contribution in [0.4, 0.5) is 0 Å². The molecule has 3 heterocycles. The molecule has 0 spiro atoms. The minimum atomic E-state index is -0.169. The van der Waals surface area contributed by atoms with Crippen LogP contribution in [0.1, 0.15) is 28.0 Å². The number of amides is 1. The van der Waals surface area contributed by atoms with Gasteiger partial charge in [-0.1, -0.05) is 0 Å². The van der Waals surface area contributed by atoms with Gasteiger partial charge in [-0.2, -0.15) is 0 Å². The fourth-order valence-electron chi connectivity index (χ4n) is 3.12. The van der Waals surface area contributed by atoms with Gasteiger partial charge in [-0.05, 0) is 30.2 Å². The van der Waals surface area contributed by atoms with Crippen LogP contribution in [-0.4, -0.2) is 42.9 Å². The van der Waals surface area contributed by atoms with Gasteiger partial charge in [0.15, 0.2) is 0 Å². The predicted molar refractivity (Wildman–Crippen MR) is 93.0 cm³/mol. The number of rotatable bonds is 5. The van der Waals surface area contributed by atoms with E-state index in [-0.39, 0.29) is 18.1 Å². The second kappa shape index (κ2) is 7.51. The van der Waals surface area contributed by atoms with E-state index in [9.17, 15) is 4.79 Å². The first-order valence-electron chi connectivity index (χ1n) is 8.42. The Morgan fingerprint density at radius 2 is 2.36 bits per heavy atom. The Hall–Kier alpha value is -1.96. The molecule has 0 unspecified atom stereocenters. The number of benzene rings is 1. The van der Waals surface area contributed by atoms with Crippen molar-refractivity contribution >= 4 is 17.2 Å². The highest BCUT2D eigenvalue weighted by molar-refractivity contribution is 7.07. The molecule has 2 aliphatic heterocycles. The van der Waals surface area contributed by atoms with Crippen molar-refractivity contribution in [3.05, 3.63) is 45.9 Å². The number of hydrogen-bond acceptors (Lipinski definition) is 6. The topological polar surface area (TPSA) is 69.7 Å². The first kappa shape index (κ1) is 16.5. The quantitative estimate of drug-likeness (QED) is 0.885. The Morgan fingerprint density at radius 3 is 3.24 bits per heavy atom. The van der Waals surface area contributed by atoms with E-state index >= 15 is 0 Å². The van der Waals surface area contributed by atoms with Crippen LogP contribution in [0.3, 0.4) is 0 Å². The van der Waals surface area contributed by atoms with E-state index in [0.29, 0.717) is 32.0 Å². The highest BCUT2D eigenvalue weighted by Gasteiger charge is 2.28. The molecular weight excluding hydrogens is 340 g/mol. The van der Waals surface area contributed by atoms with Gasteiger partial charge in [0.2, 0.25) is 0 Å². The molecule has 2 aliphatic rings. The van der Waals surface area contributed by atoms with Crippen LogP contribution >= 0.6 is 11.3 Å². The SMILES string of the molecule is O=C(N[C@@H]1CCOC[C@H]1OCc1cscn1)c1ccc2c(c1)CCO2. The number of aromatic nitrogens is 1. The van der Waals surface area contributed by atoms with Crippen molar-refractivity contribution in [2.24, 2.45) is 0 Å². The van der Waals surface area contributed by atoms with E-state index in [1.165, 1.54) is 0 Å². The van der Waals surface area contributed by atoms with Crippen LogP contribution in [0, 0.1) is 0 Å². The lowest BCUT2D eigenvalue weighted by atomic mass is 10.0. The van der Waals surface area contributed by atoms with Crippen LogP contribution in [-0.2, 0) is 22.5 Å². The molecule has 0 radical (unpaired) electrons. The van der Waals surface area contributed by atoms with Crippen molar-refractivity contribution < 1.29 is 19.0 Å². The summed E-state index contributed by atoms with van der Waals surface area (Å²) in [6.45, 7) is 2.22. The fourth-order valence-corrected chi connectivity index (χ4v) is 3.67. The average Bonchev–Trinajstić information content (AvgIpc) is 3.31. The van der Waals surface area contributed by atoms with E-state index < -0.39 is 0 Å². The highest BCUT2D eigenvalue weighted by atomic mass is 32.1. The zero-order valence-electron chi connectivity index (χ0n) is 13.8. The normalized spacial score (nSPS) is 22.2. The third kappa shape index (κ3) is 3.84. The maximum atomic E-state index is 12.6. The van der Waals surface area contributed by atoms with Crippen LogP contribution in [0.15, 0.2) is 29.1 Å². The number of hydrogen-bond donors (Lipinski definition) is 1. The second-order valence-corrected chi connectivity index (χ2v) is 6.91. The van der Waals surface area contributed by atoms with Crippen molar-refractivity contribution in [1.29, 1.82) is 0 Å². The van der Waals surface area contributed by atoms with E-state index in [0.717, 1.165) is 29.8 Å². The molecular formula is C18H20N2O4S. The summed E-state index contributed by atoms with van der Waals surface area (Å²) in [7, 11) is 0. The number of carbonyl (C=O) groups excluding carboxylic acids is 1. The van der Waals surface area contributed by atoms with Gasteiger partial charge in [0, 0.05) is 24.0 Å². The molecule has 2 atom stereocenters. The number of fused-ring (bicyclic) bond motifs is 1. The third-order valence-corrected chi connectivity index (χ3v) is 5.14. The van der Waals surface area contributed by atoms with Crippen LogP contribution in [0.5, 0.6) is 5.75 Å². The van der Waals surface area contributed by atoms with E-state index in [1.54, 1.807) is 16.8 Å². The van der Waals surface area contributed by atoms with Gasteiger partial charge in [-0.15, -0.1) is 11.3 Å². The lowest BCUT2D eigenvalue weighted by Gasteiger charge is -2.32. The van der Waals surface area contributed by atoms with E-state index in [2.05, 4.69) is 10.3 Å². The zero-order valence-corrected chi connectivity index (χ0v) is 14.6. The van der Waals surface area contributed by atoms with Gasteiger partial charge in [0.1, 0.15) is 11.9 Å².